The van der Waals surface area contributed by atoms with E-state index in [1.165, 1.54) is 23.9 Å². The van der Waals surface area contributed by atoms with Gasteiger partial charge < -0.3 is 15.9 Å². The van der Waals surface area contributed by atoms with Gasteiger partial charge >= 0.3 is 0 Å². The van der Waals surface area contributed by atoms with E-state index in [0.29, 0.717) is 17.1 Å². The number of thioether (sulfide) groups is 1. The van der Waals surface area contributed by atoms with E-state index in [1.807, 2.05) is 0 Å². The summed E-state index contributed by atoms with van der Waals surface area (Å²) in [6.07, 6.45) is -0.830. The normalized spacial score (nSPS) is 13.1. The number of aliphatic hydroxyl groups excluding tert-OH is 2. The molecular weight excluding hydrogens is 300 g/mol. The minimum absolute atomic E-state index is 0.0722. The summed E-state index contributed by atoms with van der Waals surface area (Å²) in [4.78, 5) is 0.133. The molecule has 112 valence electrons. The largest absolute Gasteiger partial charge is 0.394 e. The van der Waals surface area contributed by atoms with Crippen LogP contribution >= 0.6 is 11.8 Å². The number of rotatable bonds is 8. The Hall–Kier alpha value is -1.09. The van der Waals surface area contributed by atoms with Gasteiger partial charge in [0.1, 0.15) is 5.84 Å². The summed E-state index contributed by atoms with van der Waals surface area (Å²) in [6.45, 7) is -0.333. The zero-order valence-electron chi connectivity index (χ0n) is 10.8. The zero-order chi connectivity index (χ0) is 15.2. The summed E-state index contributed by atoms with van der Waals surface area (Å²) in [6, 6.07) is 5.97. The summed E-state index contributed by atoms with van der Waals surface area (Å²) in [7, 11) is -3.44. The third-order valence-electron chi connectivity index (χ3n) is 2.52. The molecule has 0 spiro atoms. The van der Waals surface area contributed by atoms with Crippen molar-refractivity contribution in [2.75, 3.05) is 23.9 Å². The van der Waals surface area contributed by atoms with E-state index in [-0.39, 0.29) is 23.1 Å². The molecule has 1 aromatic carbocycles. The van der Waals surface area contributed by atoms with Crippen LogP contribution in [0.4, 0.5) is 0 Å². The molecular formula is C12H18N2O4S2. The molecule has 0 saturated carbocycles. The van der Waals surface area contributed by atoms with Gasteiger partial charge in [-0.3, -0.25) is 5.41 Å². The molecule has 0 aliphatic carbocycles. The molecule has 0 saturated heterocycles. The highest BCUT2D eigenvalue weighted by molar-refractivity contribution is 8.00. The monoisotopic (exact) mass is 318 g/mol. The molecule has 0 aliphatic heterocycles. The summed E-state index contributed by atoms with van der Waals surface area (Å²) in [5.74, 6) is 0.364. The van der Waals surface area contributed by atoms with Crippen LogP contribution < -0.4 is 5.73 Å². The highest BCUT2D eigenvalue weighted by Gasteiger charge is 2.15. The molecule has 5 N–H and O–H groups in total. The average Bonchev–Trinajstić information content (AvgIpc) is 2.43. The fraction of sp³-hybridized carbons (Fsp3) is 0.417. The molecule has 1 unspecified atom stereocenters. The van der Waals surface area contributed by atoms with Crippen molar-refractivity contribution in [1.29, 1.82) is 5.41 Å². The lowest BCUT2D eigenvalue weighted by molar-refractivity contribution is 0.113. The molecule has 0 aromatic heterocycles. The first-order valence-corrected chi connectivity index (χ1v) is 8.71. The Labute approximate surface area is 122 Å². The number of nitrogen functional groups attached to an aromatic ring is 1. The van der Waals surface area contributed by atoms with Crippen molar-refractivity contribution in [3.63, 3.8) is 0 Å². The number of hydrogen-bond acceptors (Lipinski definition) is 6. The van der Waals surface area contributed by atoms with Crippen molar-refractivity contribution in [2.24, 2.45) is 5.73 Å². The van der Waals surface area contributed by atoms with Crippen molar-refractivity contribution in [3.8, 4) is 0 Å². The number of nitrogens with two attached hydrogens (primary N) is 1. The van der Waals surface area contributed by atoms with Gasteiger partial charge in [-0.15, -0.1) is 0 Å². The van der Waals surface area contributed by atoms with E-state index in [9.17, 15) is 8.42 Å². The molecule has 0 amide bonds. The molecule has 0 fully saturated rings. The number of aliphatic hydroxyl groups is 2. The Balaban J connectivity index is 2.65. The maximum atomic E-state index is 12.1. The van der Waals surface area contributed by atoms with E-state index in [4.69, 9.17) is 21.4 Å². The lowest BCUT2D eigenvalue weighted by atomic mass is 10.2. The standard InChI is InChI=1S/C12H18N2O4S2/c13-12(14)9-2-1-3-11(6-9)20(17,18)5-4-19-8-10(16)7-15/h1-3,6,10,15-16H,4-5,7-8H2,(H3,13,14). The van der Waals surface area contributed by atoms with Gasteiger partial charge in [-0.1, -0.05) is 12.1 Å². The van der Waals surface area contributed by atoms with E-state index in [0.717, 1.165) is 0 Å². The number of hydrogen-bond donors (Lipinski definition) is 4. The Morgan fingerprint density at radius 1 is 1.45 bits per heavy atom. The van der Waals surface area contributed by atoms with E-state index >= 15 is 0 Å². The SMILES string of the molecule is N=C(N)c1cccc(S(=O)(=O)CCSCC(O)CO)c1. The number of benzene rings is 1. The number of nitrogens with one attached hydrogen (secondary N) is 1. The van der Waals surface area contributed by atoms with Crippen LogP contribution in [0.5, 0.6) is 0 Å². The summed E-state index contributed by atoms with van der Waals surface area (Å²) >= 11 is 1.26. The third-order valence-corrected chi connectivity index (χ3v) is 5.61. The smallest absolute Gasteiger partial charge is 0.179 e. The van der Waals surface area contributed by atoms with E-state index in [1.54, 1.807) is 12.1 Å². The number of amidine groups is 1. The first-order chi connectivity index (χ1) is 9.36. The second-order valence-electron chi connectivity index (χ2n) is 4.17. The summed E-state index contributed by atoms with van der Waals surface area (Å²) in [5.41, 5.74) is 5.70. The van der Waals surface area contributed by atoms with Gasteiger partial charge in [-0.05, 0) is 12.1 Å². The van der Waals surface area contributed by atoms with Crippen LogP contribution in [0, 0.1) is 5.41 Å². The quantitative estimate of drug-likeness (QED) is 0.300. The number of sulfone groups is 1. The van der Waals surface area contributed by atoms with Gasteiger partial charge in [0.25, 0.3) is 0 Å². The fourth-order valence-electron chi connectivity index (χ4n) is 1.42. The van der Waals surface area contributed by atoms with Gasteiger partial charge in [0.2, 0.25) is 0 Å². The van der Waals surface area contributed by atoms with Crippen LogP contribution in [0.25, 0.3) is 0 Å². The van der Waals surface area contributed by atoms with Gasteiger partial charge in [0.05, 0.1) is 23.4 Å². The Morgan fingerprint density at radius 2 is 2.15 bits per heavy atom. The Bertz CT molecular complexity index is 560. The molecule has 1 atom stereocenters. The molecule has 0 bridgehead atoms. The maximum absolute atomic E-state index is 12.1. The van der Waals surface area contributed by atoms with Crippen molar-refractivity contribution in [3.05, 3.63) is 29.8 Å². The topological polar surface area (TPSA) is 124 Å². The van der Waals surface area contributed by atoms with Crippen LogP contribution in [0.1, 0.15) is 5.56 Å². The van der Waals surface area contributed by atoms with Gasteiger partial charge in [-0.25, -0.2) is 8.42 Å². The van der Waals surface area contributed by atoms with Gasteiger partial charge in [0.15, 0.2) is 9.84 Å². The second-order valence-corrected chi connectivity index (χ2v) is 7.43. The molecule has 1 rings (SSSR count). The summed E-state index contributed by atoms with van der Waals surface area (Å²) in [5, 5.41) is 25.1. The van der Waals surface area contributed by atoms with E-state index < -0.39 is 15.9 Å². The predicted molar refractivity (Wildman–Crippen MR) is 79.9 cm³/mol. The van der Waals surface area contributed by atoms with Crippen LogP contribution in [-0.4, -0.2) is 54.4 Å². The Kier molecular flexibility index (Phi) is 6.47. The van der Waals surface area contributed by atoms with Gasteiger partial charge in [0, 0.05) is 17.1 Å². The molecule has 0 heterocycles. The first-order valence-electron chi connectivity index (χ1n) is 5.90. The van der Waals surface area contributed by atoms with Crippen molar-refractivity contribution < 1.29 is 18.6 Å². The molecule has 8 heteroatoms. The van der Waals surface area contributed by atoms with Crippen LogP contribution in [0.3, 0.4) is 0 Å². The highest BCUT2D eigenvalue weighted by Crippen LogP contribution is 2.15. The first kappa shape index (κ1) is 17.0. The van der Waals surface area contributed by atoms with Gasteiger partial charge in [-0.2, -0.15) is 11.8 Å². The minimum atomic E-state index is -3.44. The van der Waals surface area contributed by atoms with E-state index in [2.05, 4.69) is 0 Å². The molecule has 1 aromatic rings. The lowest BCUT2D eigenvalue weighted by Crippen LogP contribution is -2.17. The van der Waals surface area contributed by atoms with Crippen LogP contribution in [0.2, 0.25) is 0 Å². The maximum Gasteiger partial charge on any atom is 0.179 e. The zero-order valence-corrected chi connectivity index (χ0v) is 12.5. The van der Waals surface area contributed by atoms with Crippen molar-refractivity contribution >= 4 is 27.4 Å². The van der Waals surface area contributed by atoms with Crippen LogP contribution in [0.15, 0.2) is 29.2 Å². The van der Waals surface area contributed by atoms with Crippen molar-refractivity contribution in [2.45, 2.75) is 11.0 Å². The lowest BCUT2D eigenvalue weighted by Gasteiger charge is -2.08. The summed E-state index contributed by atoms with van der Waals surface area (Å²) < 4.78 is 24.2. The Morgan fingerprint density at radius 3 is 2.75 bits per heavy atom. The molecule has 6 nitrogen and oxygen atoms in total. The predicted octanol–water partition coefficient (Wildman–Crippen LogP) is -0.169. The highest BCUT2D eigenvalue weighted by atomic mass is 32.2. The average molecular weight is 318 g/mol. The van der Waals surface area contributed by atoms with Crippen molar-refractivity contribution in [1.82, 2.24) is 0 Å². The fourth-order valence-corrected chi connectivity index (χ4v) is 4.14. The minimum Gasteiger partial charge on any atom is -0.394 e. The molecule has 20 heavy (non-hydrogen) atoms. The van der Waals surface area contributed by atoms with Crippen LogP contribution in [-0.2, 0) is 9.84 Å². The molecule has 0 radical (unpaired) electrons. The second kappa shape index (κ2) is 7.63. The molecule has 0 aliphatic rings. The third kappa shape index (κ3) is 5.12.